The van der Waals surface area contributed by atoms with E-state index in [-0.39, 0.29) is 28.4 Å². The summed E-state index contributed by atoms with van der Waals surface area (Å²) in [6.07, 6.45) is 2.47. The van der Waals surface area contributed by atoms with Crippen molar-refractivity contribution in [2.75, 3.05) is 23.5 Å². The van der Waals surface area contributed by atoms with E-state index in [1.54, 1.807) is 12.1 Å². The van der Waals surface area contributed by atoms with Gasteiger partial charge in [-0.05, 0) is 12.1 Å². The normalized spacial score (nSPS) is 19.6. The van der Waals surface area contributed by atoms with E-state index in [4.69, 9.17) is 4.42 Å². The number of hydrogen-bond acceptors (Lipinski definition) is 5. The highest BCUT2D eigenvalue weighted by Crippen LogP contribution is 2.37. The van der Waals surface area contributed by atoms with E-state index in [0.717, 1.165) is 18.0 Å². The maximum Gasteiger partial charge on any atom is 0.286 e. The van der Waals surface area contributed by atoms with Crippen LogP contribution in [0.3, 0.4) is 0 Å². The van der Waals surface area contributed by atoms with Crippen LogP contribution < -0.4 is 4.90 Å². The van der Waals surface area contributed by atoms with Crippen LogP contribution in [-0.4, -0.2) is 37.5 Å². The number of furan rings is 1. The van der Waals surface area contributed by atoms with Crippen molar-refractivity contribution in [2.24, 2.45) is 0 Å². The van der Waals surface area contributed by atoms with Gasteiger partial charge in [0.05, 0.1) is 11.4 Å². The highest BCUT2D eigenvalue weighted by molar-refractivity contribution is 8.15. The number of halogens is 1. The molecular weight excluding hydrogens is 317 g/mol. The molecule has 1 amide bonds. The summed E-state index contributed by atoms with van der Waals surface area (Å²) in [6, 6.07) is 4.49. The Morgan fingerprint density at radius 1 is 1.48 bits per heavy atom. The number of thioether (sulfide) groups is 1. The van der Waals surface area contributed by atoms with E-state index in [1.807, 2.05) is 0 Å². The van der Waals surface area contributed by atoms with E-state index < -0.39 is 15.7 Å². The van der Waals surface area contributed by atoms with Crippen molar-refractivity contribution in [2.45, 2.75) is 5.25 Å². The van der Waals surface area contributed by atoms with Crippen molar-refractivity contribution in [3.63, 3.8) is 0 Å². The molecule has 5 nitrogen and oxygen atoms in total. The summed E-state index contributed by atoms with van der Waals surface area (Å²) in [4.78, 5) is 13.5. The van der Waals surface area contributed by atoms with Crippen LogP contribution >= 0.6 is 11.8 Å². The summed E-state index contributed by atoms with van der Waals surface area (Å²) in [7, 11) is -3.16. The van der Waals surface area contributed by atoms with Gasteiger partial charge in [-0.25, -0.2) is 12.8 Å². The van der Waals surface area contributed by atoms with Crippen LogP contribution in [0.4, 0.5) is 14.9 Å². The van der Waals surface area contributed by atoms with Crippen LogP contribution in [0.2, 0.25) is 0 Å². The van der Waals surface area contributed by atoms with Crippen molar-refractivity contribution < 1.29 is 22.0 Å². The van der Waals surface area contributed by atoms with Gasteiger partial charge in [0, 0.05) is 23.4 Å². The van der Waals surface area contributed by atoms with Crippen LogP contribution in [0.25, 0.3) is 11.0 Å². The van der Waals surface area contributed by atoms with Crippen LogP contribution in [-0.2, 0) is 9.84 Å². The molecule has 0 N–H and O–H groups in total. The molecule has 112 valence electrons. The number of carbonyl (C=O) groups is 1. The van der Waals surface area contributed by atoms with Crippen LogP contribution in [0, 0.1) is 5.82 Å². The zero-order valence-electron chi connectivity index (χ0n) is 11.1. The number of rotatable bonds is 3. The first-order chi connectivity index (χ1) is 9.85. The third-order valence-corrected chi connectivity index (χ3v) is 5.47. The Balaban J connectivity index is 1.93. The minimum atomic E-state index is -3.16. The van der Waals surface area contributed by atoms with Gasteiger partial charge in [-0.3, -0.25) is 9.69 Å². The molecule has 8 heteroatoms. The molecule has 0 bridgehead atoms. The van der Waals surface area contributed by atoms with Crippen molar-refractivity contribution >= 4 is 43.5 Å². The molecule has 1 fully saturated rings. The summed E-state index contributed by atoms with van der Waals surface area (Å²) >= 11 is 0.984. The number of fused-ring (bicyclic) bond motifs is 1. The molecule has 21 heavy (non-hydrogen) atoms. The predicted octanol–water partition coefficient (Wildman–Crippen LogP) is 2.66. The monoisotopic (exact) mass is 329 g/mol. The van der Waals surface area contributed by atoms with Gasteiger partial charge in [-0.2, -0.15) is 0 Å². The van der Waals surface area contributed by atoms with Crippen LogP contribution in [0.5, 0.6) is 0 Å². The summed E-state index contributed by atoms with van der Waals surface area (Å²) in [6.45, 7) is 0.266. The molecule has 0 radical (unpaired) electrons. The summed E-state index contributed by atoms with van der Waals surface area (Å²) in [5.74, 6) is -0.560. The lowest BCUT2D eigenvalue weighted by atomic mass is 10.2. The van der Waals surface area contributed by atoms with Crippen molar-refractivity contribution in [1.82, 2.24) is 0 Å². The molecular formula is C13H12FNO4S2. The van der Waals surface area contributed by atoms with Crippen molar-refractivity contribution in [1.29, 1.82) is 0 Å². The number of anilines is 1. The zero-order chi connectivity index (χ0) is 15.2. The standard InChI is InChI=1S/C13H12FNO4S2/c1-21(17,18)7-8-5-15(13(16)20-8)11-6-19-12-9(11)3-2-4-10(12)14/h2-4,6,8H,5,7H2,1H3/t8-/m1/s1. The lowest BCUT2D eigenvalue weighted by Crippen LogP contribution is -2.26. The number of benzene rings is 1. The fourth-order valence-electron chi connectivity index (χ4n) is 2.36. The van der Waals surface area contributed by atoms with Gasteiger partial charge < -0.3 is 4.42 Å². The second kappa shape index (κ2) is 5.03. The zero-order valence-corrected chi connectivity index (χ0v) is 12.7. The van der Waals surface area contributed by atoms with E-state index in [1.165, 1.54) is 17.2 Å². The molecule has 0 unspecified atom stereocenters. The second-order valence-electron chi connectivity index (χ2n) is 4.95. The molecule has 1 saturated heterocycles. The van der Waals surface area contributed by atoms with Crippen LogP contribution in [0.15, 0.2) is 28.9 Å². The summed E-state index contributed by atoms with van der Waals surface area (Å²) < 4.78 is 41.4. The second-order valence-corrected chi connectivity index (χ2v) is 8.38. The highest BCUT2D eigenvalue weighted by Gasteiger charge is 2.35. The first kappa shape index (κ1) is 14.4. The van der Waals surface area contributed by atoms with Crippen molar-refractivity contribution in [3.05, 3.63) is 30.3 Å². The average Bonchev–Trinajstić information content (AvgIpc) is 2.92. The topological polar surface area (TPSA) is 67.6 Å². The molecule has 1 aromatic carbocycles. The van der Waals surface area contributed by atoms with E-state index >= 15 is 0 Å². The largest absolute Gasteiger partial charge is 0.459 e. The van der Waals surface area contributed by atoms with Gasteiger partial charge >= 0.3 is 0 Å². The Bertz CT molecular complexity index is 815. The molecule has 0 saturated carbocycles. The highest BCUT2D eigenvalue weighted by atomic mass is 32.2. The number of sulfone groups is 1. The first-order valence-electron chi connectivity index (χ1n) is 6.17. The SMILES string of the molecule is CS(=O)(=O)C[C@H]1CN(c2coc3c(F)cccc23)C(=O)S1. The van der Waals surface area contributed by atoms with Gasteiger partial charge in [0.1, 0.15) is 16.1 Å². The third-order valence-electron chi connectivity index (χ3n) is 3.18. The Kier molecular flexibility index (Phi) is 3.45. The molecule has 2 aromatic rings. The van der Waals surface area contributed by atoms with E-state index in [2.05, 4.69) is 0 Å². The summed E-state index contributed by atoms with van der Waals surface area (Å²) in [5, 5.41) is -0.0782. The number of amides is 1. The van der Waals surface area contributed by atoms with Gasteiger partial charge in [0.25, 0.3) is 5.24 Å². The molecule has 1 atom stereocenters. The fourth-order valence-corrected chi connectivity index (χ4v) is 4.96. The van der Waals surface area contributed by atoms with Gasteiger partial charge in [0.2, 0.25) is 0 Å². The van der Waals surface area contributed by atoms with E-state index in [0.29, 0.717) is 11.1 Å². The number of nitrogens with zero attached hydrogens (tertiary/aromatic N) is 1. The quantitative estimate of drug-likeness (QED) is 0.866. The molecule has 2 heterocycles. The minimum Gasteiger partial charge on any atom is -0.459 e. The Morgan fingerprint density at radius 3 is 2.95 bits per heavy atom. The number of para-hydroxylation sites is 1. The lowest BCUT2D eigenvalue weighted by Gasteiger charge is -2.13. The Labute approximate surface area is 125 Å². The predicted molar refractivity (Wildman–Crippen MR) is 80.0 cm³/mol. The molecule has 1 aliphatic heterocycles. The first-order valence-corrected chi connectivity index (χ1v) is 9.11. The Morgan fingerprint density at radius 2 is 2.24 bits per heavy atom. The number of hydrogen-bond donors (Lipinski definition) is 0. The third kappa shape index (κ3) is 2.77. The average molecular weight is 329 g/mol. The van der Waals surface area contributed by atoms with Crippen LogP contribution in [0.1, 0.15) is 0 Å². The van der Waals surface area contributed by atoms with Gasteiger partial charge in [0.15, 0.2) is 11.4 Å². The minimum absolute atomic E-state index is 0.0654. The fraction of sp³-hybridized carbons (Fsp3) is 0.308. The molecule has 1 aliphatic rings. The maximum absolute atomic E-state index is 13.6. The summed E-state index contributed by atoms with van der Waals surface area (Å²) in [5.41, 5.74) is 0.565. The molecule has 0 spiro atoms. The van der Waals surface area contributed by atoms with Crippen molar-refractivity contribution in [3.8, 4) is 0 Å². The lowest BCUT2D eigenvalue weighted by molar-refractivity contribution is 0.266. The smallest absolute Gasteiger partial charge is 0.286 e. The molecule has 1 aromatic heterocycles. The maximum atomic E-state index is 13.6. The Hall–Kier alpha value is -1.54. The van der Waals surface area contributed by atoms with Gasteiger partial charge in [-0.15, -0.1) is 0 Å². The molecule has 3 rings (SSSR count). The molecule has 0 aliphatic carbocycles. The van der Waals surface area contributed by atoms with Gasteiger partial charge in [-0.1, -0.05) is 17.8 Å². The van der Waals surface area contributed by atoms with E-state index in [9.17, 15) is 17.6 Å². The number of carbonyl (C=O) groups excluding carboxylic acids is 1.